The van der Waals surface area contributed by atoms with Crippen LogP contribution in [-0.4, -0.2) is 59.1 Å². The fourth-order valence-electron chi connectivity index (χ4n) is 2.08. The van der Waals surface area contributed by atoms with Crippen molar-refractivity contribution in [1.82, 2.24) is 10.2 Å². The largest absolute Gasteiger partial charge is 0.444 e. The van der Waals surface area contributed by atoms with Gasteiger partial charge in [-0.2, -0.15) is 0 Å². The number of hydrogen-bond donors (Lipinski definition) is 2. The summed E-state index contributed by atoms with van der Waals surface area (Å²) >= 11 is 1.18. The Labute approximate surface area is 146 Å². The van der Waals surface area contributed by atoms with Crippen LogP contribution >= 0.6 is 11.8 Å². The van der Waals surface area contributed by atoms with E-state index in [2.05, 4.69) is 5.32 Å². The van der Waals surface area contributed by atoms with Crippen LogP contribution in [0.1, 0.15) is 34.1 Å². The number of amides is 1. The molecule has 0 spiro atoms. The predicted octanol–water partition coefficient (Wildman–Crippen LogP) is 1.59. The van der Waals surface area contributed by atoms with E-state index in [-0.39, 0.29) is 30.5 Å². The van der Waals surface area contributed by atoms with E-state index >= 15 is 0 Å². The molecule has 1 amide bonds. The lowest BCUT2D eigenvalue weighted by molar-refractivity contribution is -0.158. The zero-order chi connectivity index (χ0) is 18.5. The third-order valence-electron chi connectivity index (χ3n) is 3.19. The molecule has 2 N–H and O–H groups in total. The lowest BCUT2D eigenvalue weighted by Gasteiger charge is -2.32. The van der Waals surface area contributed by atoms with E-state index in [9.17, 15) is 14.4 Å². The molecule has 8 nitrogen and oxygen atoms in total. The molecule has 0 bridgehead atoms. The Morgan fingerprint density at radius 2 is 2.04 bits per heavy atom. The molecule has 0 aliphatic carbocycles. The van der Waals surface area contributed by atoms with Gasteiger partial charge in [0, 0.05) is 6.54 Å². The van der Waals surface area contributed by atoms with Crippen LogP contribution in [0.15, 0.2) is 0 Å². The number of esters is 1. The Bertz CT molecular complexity index is 518. The van der Waals surface area contributed by atoms with Gasteiger partial charge in [-0.25, -0.2) is 4.79 Å². The third-order valence-corrected chi connectivity index (χ3v) is 3.72. The second kappa shape index (κ2) is 8.36. The minimum Gasteiger partial charge on any atom is -0.444 e. The van der Waals surface area contributed by atoms with Crippen LogP contribution < -0.4 is 5.32 Å². The lowest BCUT2D eigenvalue weighted by atomic mass is 9.96. The first-order chi connectivity index (χ1) is 11.0. The highest BCUT2D eigenvalue weighted by atomic mass is 32.2. The van der Waals surface area contributed by atoms with Gasteiger partial charge < -0.3 is 19.7 Å². The van der Waals surface area contributed by atoms with Crippen LogP contribution in [0.3, 0.4) is 0 Å². The van der Waals surface area contributed by atoms with E-state index < -0.39 is 29.8 Å². The molecule has 9 heteroatoms. The summed E-state index contributed by atoms with van der Waals surface area (Å²) in [5, 5.41) is 10.3. The average molecular weight is 359 g/mol. The van der Waals surface area contributed by atoms with Gasteiger partial charge in [0.25, 0.3) is 0 Å². The molecule has 1 saturated heterocycles. The minimum absolute atomic E-state index is 0.168. The van der Waals surface area contributed by atoms with Gasteiger partial charge in [0.1, 0.15) is 11.5 Å². The summed E-state index contributed by atoms with van der Waals surface area (Å²) in [6, 6.07) is 0. The van der Waals surface area contributed by atoms with Crippen LogP contribution in [-0.2, 0) is 19.1 Å². The molecule has 136 valence electrons. The quantitative estimate of drug-likeness (QED) is 0.259. The molecule has 0 saturated carbocycles. The maximum Gasteiger partial charge on any atom is 0.410 e. The van der Waals surface area contributed by atoms with Crippen molar-refractivity contribution in [2.75, 3.05) is 19.3 Å². The Morgan fingerprint density at radius 1 is 1.42 bits per heavy atom. The highest BCUT2D eigenvalue weighted by Gasteiger charge is 2.37. The van der Waals surface area contributed by atoms with E-state index in [4.69, 9.17) is 14.9 Å². The molecule has 0 radical (unpaired) electrons. The summed E-state index contributed by atoms with van der Waals surface area (Å²) in [6.07, 6.45) is 0.656. The molecule has 1 aliphatic rings. The second-order valence-electron chi connectivity index (χ2n) is 6.47. The van der Waals surface area contributed by atoms with Crippen molar-refractivity contribution < 1.29 is 23.9 Å². The number of piperidine rings is 1. The summed E-state index contributed by atoms with van der Waals surface area (Å²) in [7, 11) is 0. The van der Waals surface area contributed by atoms with Crippen LogP contribution in [0.5, 0.6) is 0 Å². The van der Waals surface area contributed by atoms with Crippen LogP contribution in [0.2, 0.25) is 0 Å². The number of nitrogens with one attached hydrogen (secondary N) is 2. The topological polar surface area (TPSA) is 109 Å². The zero-order valence-electron chi connectivity index (χ0n) is 14.7. The second-order valence-corrected chi connectivity index (χ2v) is 7.28. The summed E-state index contributed by atoms with van der Waals surface area (Å²) in [4.78, 5) is 37.5. The number of likely N-dealkylation sites (tertiary alicyclic amines) is 1. The van der Waals surface area contributed by atoms with E-state index in [1.807, 2.05) is 0 Å². The normalized spacial score (nSPS) is 19.5. The van der Waals surface area contributed by atoms with Gasteiger partial charge in [0.15, 0.2) is 17.2 Å². The van der Waals surface area contributed by atoms with E-state index in [1.54, 1.807) is 34.0 Å². The predicted molar refractivity (Wildman–Crippen MR) is 90.9 cm³/mol. The fraction of sp³-hybridized carbons (Fsp3) is 0.733. The molecule has 0 aromatic carbocycles. The summed E-state index contributed by atoms with van der Waals surface area (Å²) in [5.74, 6) is -1.90. The highest BCUT2D eigenvalue weighted by molar-refractivity contribution is 8.13. The third kappa shape index (κ3) is 6.38. The number of carbonyl (C=O) groups is 3. The highest BCUT2D eigenvalue weighted by Crippen LogP contribution is 2.19. The monoisotopic (exact) mass is 359 g/mol. The fourth-order valence-corrected chi connectivity index (χ4v) is 2.37. The number of nitrogens with zero attached hydrogens (tertiary/aromatic N) is 1. The van der Waals surface area contributed by atoms with Crippen molar-refractivity contribution in [3.05, 3.63) is 0 Å². The maximum absolute atomic E-state index is 12.2. The molecule has 0 aromatic heterocycles. The Kier molecular flexibility index (Phi) is 7.07. The lowest BCUT2D eigenvalue weighted by Crippen LogP contribution is -2.49. The molecule has 1 rings (SSSR count). The standard InChI is InChI=1S/C15H25N3O5S/c1-9(17-13(16)24-5)22-12(20)10-6-7-18(8-11(10)19)14(21)23-15(2,3)4/h9-10H,6-8H2,1-5H3,(H2,16,17). The van der Waals surface area contributed by atoms with E-state index in [0.717, 1.165) is 0 Å². The molecule has 0 aromatic rings. The minimum atomic E-state index is -0.892. The Balaban J connectivity index is 2.54. The number of carbonyl (C=O) groups excluding carboxylic acids is 3. The summed E-state index contributed by atoms with van der Waals surface area (Å²) in [6.45, 7) is 6.91. The molecular formula is C15H25N3O5S. The first-order valence-corrected chi connectivity index (χ1v) is 8.86. The van der Waals surface area contributed by atoms with Crippen LogP contribution in [0.4, 0.5) is 4.79 Å². The van der Waals surface area contributed by atoms with Gasteiger partial charge in [-0.15, -0.1) is 0 Å². The molecule has 1 fully saturated rings. The first kappa shape index (κ1) is 20.3. The smallest absolute Gasteiger partial charge is 0.410 e. The van der Waals surface area contributed by atoms with Gasteiger partial charge in [-0.1, -0.05) is 11.8 Å². The Hall–Kier alpha value is -1.77. The molecule has 24 heavy (non-hydrogen) atoms. The summed E-state index contributed by atoms with van der Waals surface area (Å²) in [5.41, 5.74) is -0.640. The number of ketones is 1. The Morgan fingerprint density at radius 3 is 2.54 bits per heavy atom. The van der Waals surface area contributed by atoms with Crippen molar-refractivity contribution in [3.8, 4) is 0 Å². The van der Waals surface area contributed by atoms with Gasteiger partial charge in [-0.05, 0) is 40.4 Å². The molecule has 1 aliphatic heterocycles. The average Bonchev–Trinajstić information content (AvgIpc) is 2.44. The molecule has 2 atom stereocenters. The van der Waals surface area contributed by atoms with Gasteiger partial charge in [0.2, 0.25) is 0 Å². The number of ether oxygens (including phenoxy) is 2. The zero-order valence-corrected chi connectivity index (χ0v) is 15.5. The SMILES string of the molecule is CSC(=N)NC(C)OC(=O)C1CCN(C(=O)OC(C)(C)C)CC1=O. The van der Waals surface area contributed by atoms with Gasteiger partial charge >= 0.3 is 12.1 Å². The number of amidine groups is 1. The van der Waals surface area contributed by atoms with Crippen molar-refractivity contribution in [1.29, 1.82) is 5.41 Å². The molecular weight excluding hydrogens is 334 g/mol. The number of thioether (sulfide) groups is 1. The number of Topliss-reactive ketones (excluding diaryl/α,β-unsaturated/α-hetero) is 1. The number of rotatable bonds is 3. The summed E-state index contributed by atoms with van der Waals surface area (Å²) < 4.78 is 10.4. The van der Waals surface area contributed by atoms with E-state index in [1.165, 1.54) is 16.7 Å². The van der Waals surface area contributed by atoms with Gasteiger partial charge in [0.05, 0.1) is 6.54 Å². The molecule has 1 heterocycles. The van der Waals surface area contributed by atoms with Crippen LogP contribution in [0, 0.1) is 11.3 Å². The van der Waals surface area contributed by atoms with Crippen molar-refractivity contribution in [3.63, 3.8) is 0 Å². The number of hydrogen-bond acceptors (Lipinski definition) is 7. The van der Waals surface area contributed by atoms with Crippen molar-refractivity contribution in [2.24, 2.45) is 5.92 Å². The van der Waals surface area contributed by atoms with Gasteiger partial charge in [-0.3, -0.25) is 15.0 Å². The first-order valence-electron chi connectivity index (χ1n) is 7.63. The van der Waals surface area contributed by atoms with Crippen molar-refractivity contribution in [2.45, 2.75) is 45.9 Å². The van der Waals surface area contributed by atoms with E-state index in [0.29, 0.717) is 0 Å². The van der Waals surface area contributed by atoms with Crippen molar-refractivity contribution >= 4 is 34.8 Å². The van der Waals surface area contributed by atoms with Crippen LogP contribution in [0.25, 0.3) is 0 Å². The molecule has 2 unspecified atom stereocenters. The maximum atomic E-state index is 12.2.